The molecule has 1 aliphatic rings. The summed E-state index contributed by atoms with van der Waals surface area (Å²) in [7, 11) is 1.71. The van der Waals surface area contributed by atoms with Gasteiger partial charge in [0.05, 0.1) is 13.2 Å². The van der Waals surface area contributed by atoms with Crippen LogP contribution in [0.5, 0.6) is 11.5 Å². The van der Waals surface area contributed by atoms with Crippen molar-refractivity contribution in [2.24, 2.45) is 0 Å². The average molecular weight is 400 g/mol. The van der Waals surface area contributed by atoms with Crippen molar-refractivity contribution < 1.29 is 9.47 Å². The van der Waals surface area contributed by atoms with E-state index in [2.05, 4.69) is 59.6 Å². The number of ether oxygens (including phenoxy) is 2. The second kappa shape index (κ2) is 10.1. The maximum absolute atomic E-state index is 6.26. The zero-order chi connectivity index (χ0) is 20.6. The smallest absolute Gasteiger partial charge is 0.161 e. The van der Waals surface area contributed by atoms with Crippen molar-refractivity contribution >= 4 is 12.2 Å². The Labute approximate surface area is 179 Å². The molecule has 3 aromatic rings. The summed E-state index contributed by atoms with van der Waals surface area (Å²) < 4.78 is 11.8. The molecule has 0 radical (unpaired) electrons. The first kappa shape index (κ1) is 20.2. The number of benzene rings is 2. The SMILES string of the molecule is COc1ccc(CCc2ccncc2C=Cc2ccccc2)cc1OC1CCCC1. The van der Waals surface area contributed by atoms with E-state index in [0.717, 1.165) is 42.7 Å². The van der Waals surface area contributed by atoms with Gasteiger partial charge in [-0.2, -0.15) is 0 Å². The van der Waals surface area contributed by atoms with Gasteiger partial charge < -0.3 is 9.47 Å². The van der Waals surface area contributed by atoms with E-state index in [-0.39, 0.29) is 0 Å². The first-order valence-electron chi connectivity index (χ1n) is 10.8. The molecule has 1 aliphatic carbocycles. The van der Waals surface area contributed by atoms with Crippen LogP contribution < -0.4 is 9.47 Å². The maximum Gasteiger partial charge on any atom is 0.161 e. The Bertz CT molecular complexity index is 975. The number of methoxy groups -OCH3 is 1. The highest BCUT2D eigenvalue weighted by atomic mass is 16.5. The lowest BCUT2D eigenvalue weighted by Crippen LogP contribution is -2.11. The number of hydrogen-bond acceptors (Lipinski definition) is 3. The number of nitrogens with zero attached hydrogens (tertiary/aromatic N) is 1. The molecule has 30 heavy (non-hydrogen) atoms. The van der Waals surface area contributed by atoms with E-state index in [1.807, 2.05) is 24.5 Å². The standard InChI is InChI=1S/C27H29NO2/c1-29-26-16-13-22(19-27(26)30-25-9-5-6-10-25)12-14-23-17-18-28-20-24(23)15-11-21-7-3-2-4-8-21/h2-4,7-8,11,13,15-20,25H,5-6,9-10,12,14H2,1H3. The molecular formula is C27H29NO2. The topological polar surface area (TPSA) is 31.4 Å². The van der Waals surface area contributed by atoms with Crippen LogP contribution >= 0.6 is 0 Å². The molecule has 0 atom stereocenters. The molecule has 2 aromatic carbocycles. The molecule has 0 spiro atoms. The second-order valence-corrected chi connectivity index (χ2v) is 7.83. The molecule has 0 saturated heterocycles. The summed E-state index contributed by atoms with van der Waals surface area (Å²) in [5, 5.41) is 0. The molecule has 1 fully saturated rings. The number of rotatable bonds is 8. The van der Waals surface area contributed by atoms with Gasteiger partial charge in [-0.15, -0.1) is 0 Å². The van der Waals surface area contributed by atoms with Gasteiger partial charge in [0.2, 0.25) is 0 Å². The van der Waals surface area contributed by atoms with Gasteiger partial charge in [-0.1, -0.05) is 48.6 Å². The molecule has 0 unspecified atom stereocenters. The number of hydrogen-bond donors (Lipinski definition) is 0. The van der Waals surface area contributed by atoms with Crippen LogP contribution in [0.3, 0.4) is 0 Å². The fraction of sp³-hybridized carbons (Fsp3) is 0.296. The molecular weight excluding hydrogens is 370 g/mol. The van der Waals surface area contributed by atoms with E-state index in [9.17, 15) is 0 Å². The molecule has 0 amide bonds. The summed E-state index contributed by atoms with van der Waals surface area (Å²) in [6, 6.07) is 18.8. The molecule has 0 N–H and O–H groups in total. The van der Waals surface area contributed by atoms with E-state index in [1.54, 1.807) is 7.11 Å². The summed E-state index contributed by atoms with van der Waals surface area (Å²) in [5.74, 6) is 1.70. The van der Waals surface area contributed by atoms with E-state index in [0.29, 0.717) is 6.10 Å². The van der Waals surface area contributed by atoms with Crippen molar-refractivity contribution in [3.63, 3.8) is 0 Å². The molecule has 1 aromatic heterocycles. The molecule has 0 aliphatic heterocycles. The number of pyridine rings is 1. The van der Waals surface area contributed by atoms with Crippen LogP contribution in [-0.2, 0) is 12.8 Å². The Morgan fingerprint density at radius 1 is 0.933 bits per heavy atom. The molecule has 3 heteroatoms. The van der Waals surface area contributed by atoms with Gasteiger partial charge in [0, 0.05) is 12.4 Å². The maximum atomic E-state index is 6.26. The predicted octanol–water partition coefficient (Wildman–Crippen LogP) is 6.37. The van der Waals surface area contributed by atoms with Crippen LogP contribution in [0.1, 0.15) is 47.9 Å². The Morgan fingerprint density at radius 2 is 1.77 bits per heavy atom. The lowest BCUT2D eigenvalue weighted by atomic mass is 10.0. The van der Waals surface area contributed by atoms with Crippen LogP contribution in [0.25, 0.3) is 12.2 Å². The highest BCUT2D eigenvalue weighted by Crippen LogP contribution is 2.32. The van der Waals surface area contributed by atoms with E-state index >= 15 is 0 Å². The zero-order valence-electron chi connectivity index (χ0n) is 17.6. The first-order chi connectivity index (χ1) is 14.8. The molecule has 0 bridgehead atoms. The molecule has 3 nitrogen and oxygen atoms in total. The van der Waals surface area contributed by atoms with Crippen molar-refractivity contribution in [2.75, 3.05) is 7.11 Å². The molecule has 154 valence electrons. The van der Waals surface area contributed by atoms with Crippen molar-refractivity contribution in [1.29, 1.82) is 0 Å². The summed E-state index contributed by atoms with van der Waals surface area (Å²) in [5.41, 5.74) is 4.92. The van der Waals surface area contributed by atoms with Gasteiger partial charge >= 0.3 is 0 Å². The van der Waals surface area contributed by atoms with Crippen LogP contribution in [0.4, 0.5) is 0 Å². The molecule has 1 saturated carbocycles. The minimum Gasteiger partial charge on any atom is -0.493 e. The van der Waals surface area contributed by atoms with Gasteiger partial charge in [-0.25, -0.2) is 0 Å². The van der Waals surface area contributed by atoms with Crippen LogP contribution in [-0.4, -0.2) is 18.2 Å². The van der Waals surface area contributed by atoms with Crippen molar-refractivity contribution in [2.45, 2.75) is 44.6 Å². The van der Waals surface area contributed by atoms with E-state index in [4.69, 9.17) is 9.47 Å². The van der Waals surface area contributed by atoms with Crippen molar-refractivity contribution in [3.8, 4) is 11.5 Å². The van der Waals surface area contributed by atoms with Crippen molar-refractivity contribution in [1.82, 2.24) is 4.98 Å². The highest BCUT2D eigenvalue weighted by molar-refractivity contribution is 5.70. The number of aryl methyl sites for hydroxylation is 2. The third-order valence-electron chi connectivity index (χ3n) is 5.71. The third kappa shape index (κ3) is 5.29. The van der Waals surface area contributed by atoms with Gasteiger partial charge in [-0.3, -0.25) is 4.98 Å². The fourth-order valence-corrected chi connectivity index (χ4v) is 4.00. The lowest BCUT2D eigenvalue weighted by Gasteiger charge is -2.17. The van der Waals surface area contributed by atoms with Crippen LogP contribution in [0, 0.1) is 0 Å². The second-order valence-electron chi connectivity index (χ2n) is 7.83. The van der Waals surface area contributed by atoms with Crippen LogP contribution in [0.15, 0.2) is 67.0 Å². The number of aromatic nitrogens is 1. The monoisotopic (exact) mass is 399 g/mol. The Hall–Kier alpha value is -3.07. The van der Waals surface area contributed by atoms with Gasteiger partial charge in [0.15, 0.2) is 11.5 Å². The average Bonchev–Trinajstić information content (AvgIpc) is 3.31. The summed E-state index contributed by atoms with van der Waals surface area (Å²) in [6.45, 7) is 0. The molecule has 4 rings (SSSR count). The van der Waals surface area contributed by atoms with Gasteiger partial charge in [0.1, 0.15) is 0 Å². The highest BCUT2D eigenvalue weighted by Gasteiger charge is 2.18. The fourth-order valence-electron chi connectivity index (χ4n) is 4.00. The quantitative estimate of drug-likeness (QED) is 0.441. The normalized spacial score (nSPS) is 14.3. The van der Waals surface area contributed by atoms with E-state index < -0.39 is 0 Å². The Kier molecular flexibility index (Phi) is 6.81. The Morgan fingerprint density at radius 3 is 2.57 bits per heavy atom. The lowest BCUT2D eigenvalue weighted by molar-refractivity contribution is 0.200. The largest absolute Gasteiger partial charge is 0.493 e. The third-order valence-corrected chi connectivity index (χ3v) is 5.71. The van der Waals surface area contributed by atoms with Crippen LogP contribution in [0.2, 0.25) is 0 Å². The van der Waals surface area contributed by atoms with Crippen molar-refractivity contribution in [3.05, 3.63) is 89.2 Å². The minimum atomic E-state index is 0.323. The van der Waals surface area contributed by atoms with Gasteiger partial charge in [-0.05, 0) is 79.0 Å². The van der Waals surface area contributed by atoms with E-state index in [1.165, 1.54) is 29.5 Å². The Balaban J connectivity index is 1.46. The zero-order valence-corrected chi connectivity index (χ0v) is 17.6. The summed E-state index contributed by atoms with van der Waals surface area (Å²) in [4.78, 5) is 4.32. The summed E-state index contributed by atoms with van der Waals surface area (Å²) in [6.07, 6.45) is 15.1. The molecule has 1 heterocycles. The minimum absolute atomic E-state index is 0.323. The summed E-state index contributed by atoms with van der Waals surface area (Å²) >= 11 is 0. The van der Waals surface area contributed by atoms with Gasteiger partial charge in [0.25, 0.3) is 0 Å². The predicted molar refractivity (Wildman–Crippen MR) is 123 cm³/mol. The first-order valence-corrected chi connectivity index (χ1v) is 10.8.